The number of ketones is 1. The maximum absolute atomic E-state index is 12.5. The number of unbranched alkanes of at least 4 members (excludes halogenated alkanes) is 1. The molecule has 0 aromatic carbocycles. The number of aliphatic carboxylic acids is 1. The van der Waals surface area contributed by atoms with Gasteiger partial charge in [0.1, 0.15) is 11.6 Å². The third-order valence-electron chi connectivity index (χ3n) is 5.68. The quantitative estimate of drug-likeness (QED) is 0.521. The second-order valence-corrected chi connectivity index (χ2v) is 8.07. The highest BCUT2D eigenvalue weighted by molar-refractivity contribution is 5.80. The van der Waals surface area contributed by atoms with Crippen LogP contribution >= 0.6 is 0 Å². The Morgan fingerprint density at radius 1 is 1.16 bits per heavy atom. The predicted octanol–water partition coefficient (Wildman–Crippen LogP) is 4.16. The molecule has 1 atom stereocenters. The fraction of sp³-hybridized carbons (Fsp3) is 0.500. The summed E-state index contributed by atoms with van der Waals surface area (Å²) in [6.07, 6.45) is 8.08. The number of methoxy groups -OCH3 is 1. The molecular weight excluding hydrogens is 394 g/mol. The number of anilines is 1. The number of ether oxygens (including phenoxy) is 1. The molecule has 0 aliphatic carbocycles. The number of rotatable bonds is 11. The number of nitrogens with zero attached hydrogens (tertiary/aromatic N) is 2. The van der Waals surface area contributed by atoms with Crippen LogP contribution in [0.15, 0.2) is 30.5 Å². The maximum atomic E-state index is 12.5. The van der Waals surface area contributed by atoms with Gasteiger partial charge in [0.15, 0.2) is 0 Å². The van der Waals surface area contributed by atoms with Crippen molar-refractivity contribution in [1.29, 1.82) is 0 Å². The number of carbonyl (C=O) groups excluding carboxylic acids is 1. The van der Waals surface area contributed by atoms with Gasteiger partial charge >= 0.3 is 5.97 Å². The third-order valence-corrected chi connectivity index (χ3v) is 5.68. The number of fused-ring (bicyclic) bond motifs is 1. The lowest BCUT2D eigenvalue weighted by Crippen LogP contribution is -2.12. The Morgan fingerprint density at radius 2 is 2.03 bits per heavy atom. The van der Waals surface area contributed by atoms with E-state index in [0.29, 0.717) is 12.3 Å². The molecule has 31 heavy (non-hydrogen) atoms. The fourth-order valence-corrected chi connectivity index (χ4v) is 3.95. The second-order valence-electron chi connectivity index (χ2n) is 8.07. The Kier molecular flexibility index (Phi) is 8.38. The maximum Gasteiger partial charge on any atom is 0.303 e. The molecule has 7 nitrogen and oxygen atoms in total. The Hall–Kier alpha value is -2.96. The number of pyridine rings is 2. The van der Waals surface area contributed by atoms with Crippen molar-refractivity contribution >= 4 is 17.6 Å². The smallest absolute Gasteiger partial charge is 0.303 e. The molecule has 0 amide bonds. The van der Waals surface area contributed by atoms with Gasteiger partial charge in [0.2, 0.25) is 5.88 Å². The van der Waals surface area contributed by atoms with E-state index in [1.54, 1.807) is 18.3 Å². The zero-order valence-corrected chi connectivity index (χ0v) is 18.1. The summed E-state index contributed by atoms with van der Waals surface area (Å²) < 4.78 is 5.05. The van der Waals surface area contributed by atoms with Gasteiger partial charge in [-0.25, -0.2) is 9.97 Å². The molecule has 0 fully saturated rings. The van der Waals surface area contributed by atoms with E-state index < -0.39 is 5.97 Å². The van der Waals surface area contributed by atoms with Crippen LogP contribution in [0.25, 0.3) is 0 Å². The molecule has 0 radical (unpaired) electrons. The number of carbonyl (C=O) groups is 2. The van der Waals surface area contributed by atoms with Crippen LogP contribution in [0.2, 0.25) is 0 Å². The van der Waals surface area contributed by atoms with Crippen LogP contribution in [0.4, 0.5) is 5.82 Å². The molecule has 0 bridgehead atoms. The van der Waals surface area contributed by atoms with E-state index in [9.17, 15) is 14.7 Å². The van der Waals surface area contributed by atoms with Crippen molar-refractivity contribution in [2.24, 2.45) is 0 Å². The first kappa shape index (κ1) is 22.7. The van der Waals surface area contributed by atoms with Gasteiger partial charge in [-0.2, -0.15) is 0 Å². The number of hydrogen-bond acceptors (Lipinski definition) is 6. The predicted molar refractivity (Wildman–Crippen MR) is 119 cm³/mol. The van der Waals surface area contributed by atoms with Crippen LogP contribution in [0.3, 0.4) is 0 Å². The molecule has 3 heterocycles. The topological polar surface area (TPSA) is 101 Å². The molecule has 2 aromatic heterocycles. The monoisotopic (exact) mass is 425 g/mol. The lowest BCUT2D eigenvalue weighted by Gasteiger charge is -2.14. The molecule has 2 aromatic rings. The van der Waals surface area contributed by atoms with E-state index in [-0.39, 0.29) is 24.5 Å². The third kappa shape index (κ3) is 7.05. The summed E-state index contributed by atoms with van der Waals surface area (Å²) in [5, 5.41) is 12.6. The summed E-state index contributed by atoms with van der Waals surface area (Å²) in [4.78, 5) is 32.7. The second kappa shape index (κ2) is 11.4. The number of aromatic nitrogens is 2. The van der Waals surface area contributed by atoms with E-state index in [1.807, 2.05) is 0 Å². The minimum absolute atomic E-state index is 0.0821. The SMILES string of the molecule is COc1ccc([C@H](CC(=O)O)CC(=O)CCCCc2ccc3c(n2)NCCCC3)cn1. The molecule has 1 aliphatic heterocycles. The largest absolute Gasteiger partial charge is 0.481 e. The molecule has 0 spiro atoms. The normalized spacial score (nSPS) is 14.1. The van der Waals surface area contributed by atoms with Gasteiger partial charge in [-0.1, -0.05) is 12.1 Å². The van der Waals surface area contributed by atoms with Gasteiger partial charge in [0.05, 0.1) is 13.5 Å². The van der Waals surface area contributed by atoms with Crippen molar-refractivity contribution in [2.45, 2.75) is 63.7 Å². The van der Waals surface area contributed by atoms with Crippen molar-refractivity contribution in [3.05, 3.63) is 47.3 Å². The minimum atomic E-state index is -0.920. The fourth-order valence-electron chi connectivity index (χ4n) is 3.95. The number of carboxylic acid groups (broad SMARTS) is 1. The Balaban J connectivity index is 1.47. The highest BCUT2D eigenvalue weighted by atomic mass is 16.5. The molecule has 3 rings (SSSR count). The van der Waals surface area contributed by atoms with E-state index in [2.05, 4.69) is 22.4 Å². The standard InChI is InChI=1S/C24H31N3O4/c1-31-22-12-10-18(16-26-22)19(15-23(29)30)14-21(28)8-3-2-7-20-11-9-17-6-4-5-13-25-24(17)27-20/h9-12,16,19H,2-8,13-15H2,1H3,(H,25,27)(H,29,30)/t19-/m0/s1. The molecule has 166 valence electrons. The molecular formula is C24H31N3O4. The van der Waals surface area contributed by atoms with Gasteiger partial charge < -0.3 is 15.2 Å². The Morgan fingerprint density at radius 3 is 2.77 bits per heavy atom. The molecule has 0 saturated carbocycles. The lowest BCUT2D eigenvalue weighted by atomic mass is 9.90. The first-order valence-corrected chi connectivity index (χ1v) is 11.0. The first-order valence-electron chi connectivity index (χ1n) is 11.0. The van der Waals surface area contributed by atoms with Gasteiger partial charge in [0, 0.05) is 43.3 Å². The molecule has 2 N–H and O–H groups in total. The van der Waals surface area contributed by atoms with Crippen LogP contribution in [-0.4, -0.2) is 40.5 Å². The molecule has 7 heteroatoms. The highest BCUT2D eigenvalue weighted by Gasteiger charge is 2.20. The van der Waals surface area contributed by atoms with Crippen molar-refractivity contribution < 1.29 is 19.4 Å². The van der Waals surface area contributed by atoms with E-state index >= 15 is 0 Å². The zero-order valence-electron chi connectivity index (χ0n) is 18.1. The average Bonchev–Trinajstić information content (AvgIpc) is 3.01. The van der Waals surface area contributed by atoms with Gasteiger partial charge in [0.25, 0.3) is 0 Å². The minimum Gasteiger partial charge on any atom is -0.481 e. The van der Waals surface area contributed by atoms with E-state index in [4.69, 9.17) is 9.72 Å². The summed E-state index contributed by atoms with van der Waals surface area (Å²) in [5.74, 6) is 0.261. The number of Topliss-reactive ketones (excluding diaryl/α,β-unsaturated/α-hetero) is 1. The summed E-state index contributed by atoms with van der Waals surface area (Å²) in [7, 11) is 1.53. The van der Waals surface area contributed by atoms with Gasteiger partial charge in [-0.05, 0) is 55.7 Å². The Labute approximate surface area is 183 Å². The zero-order chi connectivity index (χ0) is 22.1. The summed E-state index contributed by atoms with van der Waals surface area (Å²) in [6, 6.07) is 7.73. The van der Waals surface area contributed by atoms with Crippen molar-refractivity contribution in [3.63, 3.8) is 0 Å². The van der Waals surface area contributed by atoms with Crippen molar-refractivity contribution in [2.75, 3.05) is 19.0 Å². The van der Waals surface area contributed by atoms with Crippen LogP contribution in [0.5, 0.6) is 5.88 Å². The van der Waals surface area contributed by atoms with Crippen LogP contribution in [0.1, 0.15) is 67.7 Å². The van der Waals surface area contributed by atoms with Crippen LogP contribution < -0.4 is 10.1 Å². The summed E-state index contributed by atoms with van der Waals surface area (Å²) >= 11 is 0. The number of aryl methyl sites for hydroxylation is 2. The van der Waals surface area contributed by atoms with Crippen LogP contribution in [0, 0.1) is 0 Å². The Bertz CT molecular complexity index is 883. The number of carboxylic acids is 1. The summed E-state index contributed by atoms with van der Waals surface area (Å²) in [6.45, 7) is 0.971. The van der Waals surface area contributed by atoms with Gasteiger partial charge in [-0.3, -0.25) is 9.59 Å². The molecule has 0 saturated heterocycles. The highest BCUT2D eigenvalue weighted by Crippen LogP contribution is 2.26. The summed E-state index contributed by atoms with van der Waals surface area (Å²) in [5.41, 5.74) is 3.08. The molecule has 1 aliphatic rings. The number of nitrogens with one attached hydrogen (secondary N) is 1. The van der Waals surface area contributed by atoms with Gasteiger partial charge in [-0.15, -0.1) is 0 Å². The van der Waals surface area contributed by atoms with E-state index in [0.717, 1.165) is 49.3 Å². The van der Waals surface area contributed by atoms with Crippen molar-refractivity contribution in [1.82, 2.24) is 9.97 Å². The molecule has 0 unspecified atom stereocenters. The van der Waals surface area contributed by atoms with E-state index in [1.165, 1.54) is 25.5 Å². The van der Waals surface area contributed by atoms with Crippen LogP contribution in [-0.2, 0) is 22.4 Å². The number of hydrogen-bond donors (Lipinski definition) is 2. The van der Waals surface area contributed by atoms with Crippen molar-refractivity contribution in [3.8, 4) is 5.88 Å². The first-order chi connectivity index (χ1) is 15.0. The lowest BCUT2D eigenvalue weighted by molar-refractivity contribution is -0.137. The average molecular weight is 426 g/mol.